The van der Waals surface area contributed by atoms with Crippen LogP contribution in [-0.4, -0.2) is 76.7 Å². The molecule has 1 saturated carbocycles. The lowest BCUT2D eigenvalue weighted by atomic mass is 9.85. The number of rotatable bonds is 11. The van der Waals surface area contributed by atoms with Crippen molar-refractivity contribution >= 4 is 35.6 Å². The van der Waals surface area contributed by atoms with Gasteiger partial charge < -0.3 is 9.80 Å². The highest BCUT2D eigenvalue weighted by molar-refractivity contribution is 6.28. The maximum Gasteiger partial charge on any atom is 0.243 e. The summed E-state index contributed by atoms with van der Waals surface area (Å²) in [7, 11) is 3.99. The zero-order valence-electron chi connectivity index (χ0n) is 19.4. The third-order valence-corrected chi connectivity index (χ3v) is 7.15. The second-order valence-electron chi connectivity index (χ2n) is 9.23. The number of hydrogen-bond donors (Lipinski definition) is 3. The molecular formula is C21H33ClFN7O3. The van der Waals surface area contributed by atoms with Crippen LogP contribution in [-0.2, 0) is 9.59 Å². The highest BCUT2D eigenvalue weighted by Crippen LogP contribution is 2.35. The van der Waals surface area contributed by atoms with E-state index in [2.05, 4.69) is 32.6 Å². The van der Waals surface area contributed by atoms with E-state index >= 15 is 4.39 Å². The van der Waals surface area contributed by atoms with Crippen LogP contribution in [0.2, 0.25) is 5.28 Å². The van der Waals surface area contributed by atoms with E-state index < -0.39 is 17.6 Å². The number of nitrogens with zero attached hydrogens (tertiary/aromatic N) is 5. The molecule has 0 bridgehead atoms. The van der Waals surface area contributed by atoms with Gasteiger partial charge in [-0.25, -0.2) is 5.06 Å². The van der Waals surface area contributed by atoms with E-state index in [0.29, 0.717) is 30.5 Å². The summed E-state index contributed by atoms with van der Waals surface area (Å²) < 4.78 is 15.2. The van der Waals surface area contributed by atoms with Crippen LogP contribution in [0.5, 0.6) is 0 Å². The quantitative estimate of drug-likeness (QED) is 0.189. The van der Waals surface area contributed by atoms with Gasteiger partial charge in [0.05, 0.1) is 18.0 Å². The second-order valence-corrected chi connectivity index (χ2v) is 9.57. The van der Waals surface area contributed by atoms with Gasteiger partial charge in [0.25, 0.3) is 0 Å². The number of aromatic nitrogens is 2. The standard InChI is InChI=1S/C21H33ClFN7O3/c1-4-21(28(2)3)11-29(12-21)18-16(23)17(24-20(22)25-18)26-27-19(32)15(10-30(33)13-31)9-14-7-5-6-8-14/h13-15,33H,4-12H2,1-3H3,(H,27,32)(H,24,25,26)/t15-/m1/s1. The highest BCUT2D eigenvalue weighted by Gasteiger charge is 2.45. The molecule has 0 spiro atoms. The van der Waals surface area contributed by atoms with Crippen LogP contribution >= 0.6 is 11.6 Å². The van der Waals surface area contributed by atoms with Crippen molar-refractivity contribution in [2.45, 2.75) is 51.0 Å². The van der Waals surface area contributed by atoms with Gasteiger partial charge >= 0.3 is 0 Å². The second kappa shape index (κ2) is 10.8. The van der Waals surface area contributed by atoms with E-state index in [-0.39, 0.29) is 35.4 Å². The van der Waals surface area contributed by atoms with Gasteiger partial charge in [-0.2, -0.15) is 14.4 Å². The number of halogens is 2. The van der Waals surface area contributed by atoms with Gasteiger partial charge in [0.1, 0.15) is 0 Å². The van der Waals surface area contributed by atoms with Crippen LogP contribution < -0.4 is 15.8 Å². The molecular weight excluding hydrogens is 453 g/mol. The normalized spacial score (nSPS) is 18.7. The minimum Gasteiger partial charge on any atom is -0.350 e. The molecule has 33 heavy (non-hydrogen) atoms. The summed E-state index contributed by atoms with van der Waals surface area (Å²) in [5.41, 5.74) is 4.91. The molecule has 0 aromatic carbocycles. The molecule has 184 valence electrons. The number of anilines is 2. The van der Waals surface area contributed by atoms with E-state index in [9.17, 15) is 14.8 Å². The fourth-order valence-corrected chi connectivity index (χ4v) is 4.91. The highest BCUT2D eigenvalue weighted by atomic mass is 35.5. The van der Waals surface area contributed by atoms with Crippen LogP contribution in [0, 0.1) is 17.7 Å². The molecule has 1 atom stereocenters. The molecule has 1 saturated heterocycles. The number of nitrogens with one attached hydrogen (secondary N) is 2. The zero-order valence-corrected chi connectivity index (χ0v) is 20.1. The van der Waals surface area contributed by atoms with Crippen LogP contribution in [0.4, 0.5) is 16.0 Å². The average molecular weight is 486 g/mol. The van der Waals surface area contributed by atoms with Gasteiger partial charge in [0, 0.05) is 13.1 Å². The van der Waals surface area contributed by atoms with Gasteiger partial charge in [0.2, 0.25) is 23.4 Å². The summed E-state index contributed by atoms with van der Waals surface area (Å²) in [6, 6.07) is 0. The third kappa shape index (κ3) is 5.82. The molecule has 12 heteroatoms. The van der Waals surface area contributed by atoms with Crippen molar-refractivity contribution in [2.24, 2.45) is 11.8 Å². The molecule has 1 aromatic rings. The summed E-state index contributed by atoms with van der Waals surface area (Å²) in [5, 5.41) is 9.91. The predicted molar refractivity (Wildman–Crippen MR) is 122 cm³/mol. The van der Waals surface area contributed by atoms with Crippen molar-refractivity contribution in [3.8, 4) is 0 Å². The summed E-state index contributed by atoms with van der Waals surface area (Å²) in [6.07, 6.45) is 5.90. The van der Waals surface area contributed by atoms with Gasteiger partial charge in [-0.3, -0.25) is 25.6 Å². The van der Waals surface area contributed by atoms with Crippen molar-refractivity contribution < 1.29 is 19.2 Å². The first kappa shape index (κ1) is 25.4. The molecule has 2 heterocycles. The molecule has 3 rings (SSSR count). The number of hydrazine groups is 1. The smallest absolute Gasteiger partial charge is 0.243 e. The molecule has 3 N–H and O–H groups in total. The first-order chi connectivity index (χ1) is 15.7. The molecule has 1 aliphatic heterocycles. The van der Waals surface area contributed by atoms with Crippen molar-refractivity contribution in [3.63, 3.8) is 0 Å². The van der Waals surface area contributed by atoms with Gasteiger partial charge in [0.15, 0.2) is 11.6 Å². The number of amides is 2. The molecule has 1 aromatic heterocycles. The van der Waals surface area contributed by atoms with Crippen molar-refractivity contribution in [1.29, 1.82) is 0 Å². The number of likely N-dealkylation sites (N-methyl/N-ethyl adjacent to an activating group) is 1. The Hall–Kier alpha value is -2.24. The molecule has 0 radical (unpaired) electrons. The molecule has 0 unspecified atom stereocenters. The Morgan fingerprint density at radius 1 is 1.36 bits per heavy atom. The third-order valence-electron chi connectivity index (χ3n) is 6.98. The largest absolute Gasteiger partial charge is 0.350 e. The van der Waals surface area contributed by atoms with Gasteiger partial charge in [-0.05, 0) is 44.5 Å². The van der Waals surface area contributed by atoms with Crippen LogP contribution in [0.1, 0.15) is 45.4 Å². The van der Waals surface area contributed by atoms with E-state index in [0.717, 1.165) is 32.1 Å². The zero-order chi connectivity index (χ0) is 24.2. The predicted octanol–water partition coefficient (Wildman–Crippen LogP) is 2.29. The molecule has 1 aliphatic carbocycles. The Morgan fingerprint density at radius 3 is 2.61 bits per heavy atom. The minimum absolute atomic E-state index is 0.0616. The Bertz CT molecular complexity index is 847. The molecule has 2 fully saturated rings. The maximum absolute atomic E-state index is 15.2. The number of carbonyl (C=O) groups excluding carboxylic acids is 2. The molecule has 2 amide bonds. The number of carbonyl (C=O) groups is 2. The lowest BCUT2D eigenvalue weighted by Gasteiger charge is -2.54. The van der Waals surface area contributed by atoms with Gasteiger partial charge in [-0.1, -0.05) is 32.6 Å². The number of hydrogen-bond acceptors (Lipinski definition) is 8. The fraction of sp³-hybridized carbons (Fsp3) is 0.714. The van der Waals surface area contributed by atoms with E-state index in [1.807, 2.05) is 14.1 Å². The monoisotopic (exact) mass is 485 g/mol. The Morgan fingerprint density at radius 2 is 2.03 bits per heavy atom. The lowest BCUT2D eigenvalue weighted by molar-refractivity contribution is -0.154. The van der Waals surface area contributed by atoms with Gasteiger partial charge in [-0.15, -0.1) is 0 Å². The molecule has 10 nitrogen and oxygen atoms in total. The minimum atomic E-state index is -0.716. The first-order valence-corrected chi connectivity index (χ1v) is 11.7. The Balaban J connectivity index is 1.68. The summed E-state index contributed by atoms with van der Waals surface area (Å²) in [6.45, 7) is 3.12. The SMILES string of the molecule is CCC1(N(C)C)CN(c2nc(Cl)nc(NNC(=O)[C@H](CC3CCCC3)CN(O)C=O)c2F)C1. The first-order valence-electron chi connectivity index (χ1n) is 11.3. The average Bonchev–Trinajstić information content (AvgIpc) is 3.26. The fourth-order valence-electron chi connectivity index (χ4n) is 4.74. The van der Waals surface area contributed by atoms with E-state index in [1.165, 1.54) is 0 Å². The van der Waals surface area contributed by atoms with E-state index in [4.69, 9.17) is 11.6 Å². The summed E-state index contributed by atoms with van der Waals surface area (Å²) >= 11 is 6.04. The topological polar surface area (TPSA) is 114 Å². The summed E-state index contributed by atoms with van der Waals surface area (Å²) in [5.74, 6) is -1.67. The van der Waals surface area contributed by atoms with Crippen LogP contribution in [0.3, 0.4) is 0 Å². The van der Waals surface area contributed by atoms with Crippen LogP contribution in [0.25, 0.3) is 0 Å². The summed E-state index contributed by atoms with van der Waals surface area (Å²) in [4.78, 5) is 35.5. The molecule has 2 aliphatic rings. The van der Waals surface area contributed by atoms with Crippen molar-refractivity contribution in [3.05, 3.63) is 11.1 Å². The number of hydroxylamine groups is 2. The van der Waals surface area contributed by atoms with Crippen LogP contribution in [0.15, 0.2) is 0 Å². The van der Waals surface area contributed by atoms with Crippen molar-refractivity contribution in [2.75, 3.05) is 44.1 Å². The lowest BCUT2D eigenvalue weighted by Crippen LogP contribution is -2.68. The van der Waals surface area contributed by atoms with E-state index in [1.54, 1.807) is 4.90 Å². The maximum atomic E-state index is 15.2. The van der Waals surface area contributed by atoms with Crippen molar-refractivity contribution in [1.82, 2.24) is 25.4 Å². The Labute approximate surface area is 198 Å². The Kier molecular flexibility index (Phi) is 8.30.